The molecule has 6 nitrogen and oxygen atoms in total. The first-order valence-electron chi connectivity index (χ1n) is 6.57. The van der Waals surface area contributed by atoms with E-state index in [9.17, 15) is 9.59 Å². The van der Waals surface area contributed by atoms with Crippen molar-refractivity contribution in [2.24, 2.45) is 5.73 Å². The molecule has 0 aromatic heterocycles. The van der Waals surface area contributed by atoms with Gasteiger partial charge in [0.25, 0.3) is 0 Å². The van der Waals surface area contributed by atoms with E-state index in [-0.39, 0.29) is 12.1 Å². The summed E-state index contributed by atoms with van der Waals surface area (Å²) in [5, 5.41) is 0. The SMILES string of the molecule is COC(=O)[C@H](N)C[C@H]1CCCN1C(=O)OC(C)(C)C. The number of nitrogens with two attached hydrogens (primary N) is 1. The molecule has 0 spiro atoms. The molecular weight excluding hydrogens is 248 g/mol. The number of hydrogen-bond acceptors (Lipinski definition) is 5. The van der Waals surface area contributed by atoms with Gasteiger partial charge in [0.1, 0.15) is 11.6 Å². The van der Waals surface area contributed by atoms with Crippen LogP contribution in [0.3, 0.4) is 0 Å². The molecule has 0 saturated carbocycles. The van der Waals surface area contributed by atoms with Crippen molar-refractivity contribution in [3.63, 3.8) is 0 Å². The Balaban J connectivity index is 2.59. The van der Waals surface area contributed by atoms with E-state index in [4.69, 9.17) is 10.5 Å². The minimum atomic E-state index is -0.696. The molecule has 1 aliphatic heterocycles. The summed E-state index contributed by atoms with van der Waals surface area (Å²) in [4.78, 5) is 25.0. The highest BCUT2D eigenvalue weighted by Crippen LogP contribution is 2.23. The van der Waals surface area contributed by atoms with E-state index in [1.54, 1.807) is 4.90 Å². The molecule has 2 N–H and O–H groups in total. The monoisotopic (exact) mass is 272 g/mol. The molecule has 6 heteroatoms. The highest BCUT2D eigenvalue weighted by molar-refractivity contribution is 5.75. The molecule has 1 saturated heterocycles. The highest BCUT2D eigenvalue weighted by Gasteiger charge is 2.34. The lowest BCUT2D eigenvalue weighted by atomic mass is 10.1. The predicted octanol–water partition coefficient (Wildman–Crippen LogP) is 1.28. The molecule has 0 aromatic rings. The number of rotatable bonds is 3. The van der Waals surface area contributed by atoms with E-state index >= 15 is 0 Å². The number of nitrogens with zero attached hydrogens (tertiary/aromatic N) is 1. The van der Waals surface area contributed by atoms with Gasteiger partial charge >= 0.3 is 12.1 Å². The molecule has 1 rings (SSSR count). The summed E-state index contributed by atoms with van der Waals surface area (Å²) in [5.41, 5.74) is 5.22. The second-order valence-corrected chi connectivity index (χ2v) is 5.84. The van der Waals surface area contributed by atoms with Crippen LogP contribution in [0.1, 0.15) is 40.0 Å². The number of amides is 1. The Bertz CT molecular complexity index is 338. The Morgan fingerprint density at radius 1 is 1.42 bits per heavy atom. The first-order valence-corrected chi connectivity index (χ1v) is 6.57. The second-order valence-electron chi connectivity index (χ2n) is 5.84. The van der Waals surface area contributed by atoms with Crippen molar-refractivity contribution in [2.75, 3.05) is 13.7 Å². The number of carbonyl (C=O) groups is 2. The lowest BCUT2D eigenvalue weighted by Gasteiger charge is -2.29. The Kier molecular flexibility index (Phi) is 5.17. The van der Waals surface area contributed by atoms with Crippen LogP contribution in [-0.2, 0) is 14.3 Å². The van der Waals surface area contributed by atoms with Gasteiger partial charge in [-0.3, -0.25) is 4.79 Å². The van der Waals surface area contributed by atoms with E-state index in [0.29, 0.717) is 13.0 Å². The van der Waals surface area contributed by atoms with Gasteiger partial charge in [0, 0.05) is 12.6 Å². The van der Waals surface area contributed by atoms with Gasteiger partial charge < -0.3 is 20.1 Å². The number of likely N-dealkylation sites (tertiary alicyclic amines) is 1. The van der Waals surface area contributed by atoms with Crippen LogP contribution in [0.2, 0.25) is 0 Å². The molecule has 0 unspecified atom stereocenters. The molecule has 19 heavy (non-hydrogen) atoms. The number of esters is 1. The molecule has 1 heterocycles. The number of methoxy groups -OCH3 is 1. The fourth-order valence-corrected chi connectivity index (χ4v) is 2.18. The quantitative estimate of drug-likeness (QED) is 0.782. The second kappa shape index (κ2) is 6.23. The Hall–Kier alpha value is -1.30. The Morgan fingerprint density at radius 3 is 2.58 bits per heavy atom. The maximum absolute atomic E-state index is 12.0. The summed E-state index contributed by atoms with van der Waals surface area (Å²) in [6.45, 7) is 6.13. The molecule has 1 fully saturated rings. The zero-order valence-corrected chi connectivity index (χ0v) is 12.1. The smallest absolute Gasteiger partial charge is 0.410 e. The summed E-state index contributed by atoms with van der Waals surface area (Å²) in [6, 6.07) is -0.748. The molecule has 2 atom stereocenters. The Labute approximate surface area is 114 Å². The average Bonchev–Trinajstić information content (AvgIpc) is 2.73. The first kappa shape index (κ1) is 15.8. The van der Waals surface area contributed by atoms with E-state index in [0.717, 1.165) is 12.8 Å². The minimum absolute atomic E-state index is 0.0519. The molecule has 1 aliphatic rings. The van der Waals surface area contributed by atoms with Gasteiger partial charge in [-0.2, -0.15) is 0 Å². The third-order valence-electron chi connectivity index (χ3n) is 3.04. The zero-order valence-electron chi connectivity index (χ0n) is 12.1. The van der Waals surface area contributed by atoms with Crippen molar-refractivity contribution in [1.82, 2.24) is 4.90 Å². The highest BCUT2D eigenvalue weighted by atomic mass is 16.6. The van der Waals surface area contributed by atoms with Crippen LogP contribution >= 0.6 is 0 Å². The van der Waals surface area contributed by atoms with Crippen molar-refractivity contribution in [3.05, 3.63) is 0 Å². The zero-order chi connectivity index (χ0) is 14.6. The standard InChI is InChI=1S/C13H24N2O4/c1-13(2,3)19-12(17)15-7-5-6-9(15)8-10(14)11(16)18-4/h9-10H,5-8,14H2,1-4H3/t9-,10-/m1/s1. The van der Waals surface area contributed by atoms with Crippen molar-refractivity contribution in [3.8, 4) is 0 Å². The molecule has 0 radical (unpaired) electrons. The van der Waals surface area contributed by atoms with E-state index < -0.39 is 17.6 Å². The number of hydrogen-bond donors (Lipinski definition) is 1. The molecule has 110 valence electrons. The minimum Gasteiger partial charge on any atom is -0.468 e. The fraction of sp³-hybridized carbons (Fsp3) is 0.846. The summed E-state index contributed by atoms with van der Waals surface area (Å²) in [5.74, 6) is -0.448. The fourth-order valence-electron chi connectivity index (χ4n) is 2.18. The van der Waals surface area contributed by atoms with E-state index in [2.05, 4.69) is 4.74 Å². The van der Waals surface area contributed by atoms with Crippen LogP contribution in [0.15, 0.2) is 0 Å². The summed E-state index contributed by atoms with van der Waals surface area (Å²) < 4.78 is 9.95. The van der Waals surface area contributed by atoms with Gasteiger partial charge in [-0.15, -0.1) is 0 Å². The van der Waals surface area contributed by atoms with Gasteiger partial charge in [-0.05, 0) is 40.0 Å². The van der Waals surface area contributed by atoms with Crippen LogP contribution in [0.25, 0.3) is 0 Å². The first-order chi connectivity index (χ1) is 8.74. The van der Waals surface area contributed by atoms with Crippen molar-refractivity contribution >= 4 is 12.1 Å². The molecule has 0 aliphatic carbocycles. The van der Waals surface area contributed by atoms with Crippen LogP contribution < -0.4 is 5.73 Å². The molecule has 0 aromatic carbocycles. The molecule has 0 bridgehead atoms. The van der Waals surface area contributed by atoms with Gasteiger partial charge in [-0.1, -0.05) is 0 Å². The summed E-state index contributed by atoms with van der Waals surface area (Å²) in [7, 11) is 1.31. The molecule has 1 amide bonds. The summed E-state index contributed by atoms with van der Waals surface area (Å²) in [6.07, 6.45) is 1.81. The van der Waals surface area contributed by atoms with E-state index in [1.807, 2.05) is 20.8 Å². The van der Waals surface area contributed by atoms with Crippen molar-refractivity contribution in [1.29, 1.82) is 0 Å². The van der Waals surface area contributed by atoms with E-state index in [1.165, 1.54) is 7.11 Å². The topological polar surface area (TPSA) is 81.9 Å². The van der Waals surface area contributed by atoms with Crippen LogP contribution in [0, 0.1) is 0 Å². The molecular formula is C13H24N2O4. The maximum Gasteiger partial charge on any atom is 0.410 e. The number of ether oxygens (including phenoxy) is 2. The van der Waals surface area contributed by atoms with Crippen LogP contribution in [0.4, 0.5) is 4.79 Å². The lowest BCUT2D eigenvalue weighted by Crippen LogP contribution is -2.44. The maximum atomic E-state index is 12.0. The van der Waals surface area contributed by atoms with Crippen LogP contribution in [0.5, 0.6) is 0 Å². The largest absolute Gasteiger partial charge is 0.468 e. The van der Waals surface area contributed by atoms with Gasteiger partial charge in [0.05, 0.1) is 7.11 Å². The van der Waals surface area contributed by atoms with Gasteiger partial charge in [0.2, 0.25) is 0 Å². The van der Waals surface area contributed by atoms with Gasteiger partial charge in [0.15, 0.2) is 0 Å². The average molecular weight is 272 g/mol. The summed E-state index contributed by atoms with van der Waals surface area (Å²) >= 11 is 0. The third kappa shape index (κ3) is 4.70. The van der Waals surface area contributed by atoms with Crippen LogP contribution in [-0.4, -0.2) is 48.3 Å². The third-order valence-corrected chi connectivity index (χ3v) is 3.04. The van der Waals surface area contributed by atoms with Gasteiger partial charge in [-0.25, -0.2) is 4.79 Å². The predicted molar refractivity (Wildman–Crippen MR) is 70.6 cm³/mol. The number of carbonyl (C=O) groups excluding carboxylic acids is 2. The van der Waals surface area contributed by atoms with Crippen molar-refractivity contribution in [2.45, 2.75) is 57.7 Å². The Morgan fingerprint density at radius 2 is 2.05 bits per heavy atom. The van der Waals surface area contributed by atoms with Crippen molar-refractivity contribution < 1.29 is 19.1 Å². The normalized spacial score (nSPS) is 21.1. The lowest BCUT2D eigenvalue weighted by molar-refractivity contribution is -0.142.